The van der Waals surface area contributed by atoms with Crippen molar-refractivity contribution in [2.24, 2.45) is 0 Å². The van der Waals surface area contributed by atoms with E-state index in [1.54, 1.807) is 0 Å². The molecule has 0 spiro atoms. The van der Waals surface area contributed by atoms with Gasteiger partial charge in [-0.3, -0.25) is 4.55 Å². The molecule has 1 heterocycles. The number of hydrogen-bond donors (Lipinski definition) is 2. The number of fused-ring (bicyclic) bond motifs is 1. The first-order valence-electron chi connectivity index (χ1n) is 8.60. The van der Waals surface area contributed by atoms with Gasteiger partial charge in [-0.2, -0.15) is 8.42 Å². The molecular weight excluding hydrogens is 366 g/mol. The van der Waals surface area contributed by atoms with Crippen LogP contribution in [0.25, 0.3) is 16.7 Å². The highest BCUT2D eigenvalue weighted by atomic mass is 32.2. The molecule has 0 unspecified atom stereocenters. The summed E-state index contributed by atoms with van der Waals surface area (Å²) in [6.45, 7) is 10.2. The van der Waals surface area contributed by atoms with Crippen LogP contribution in [0.4, 0.5) is 0 Å². The minimum absolute atomic E-state index is 0.0910. The second-order valence-electron chi connectivity index (χ2n) is 7.95. The molecule has 0 bridgehead atoms. The quantitative estimate of drug-likeness (QED) is 0.660. The molecule has 0 saturated carbocycles. The average Bonchev–Trinajstić information content (AvgIpc) is 2.95. The highest BCUT2D eigenvalue weighted by Gasteiger charge is 2.22. The molecule has 0 radical (unpaired) electrons. The monoisotopic (exact) mass is 389 g/mol. The Bertz CT molecular complexity index is 1130. The van der Waals surface area contributed by atoms with Crippen LogP contribution in [-0.2, 0) is 15.5 Å². The Hall–Kier alpha value is -2.45. The molecule has 0 fully saturated rings. The zero-order valence-corrected chi connectivity index (χ0v) is 16.7. The fourth-order valence-corrected chi connectivity index (χ4v) is 3.33. The maximum absolute atomic E-state index is 11.3. The first-order chi connectivity index (χ1) is 12.4. The van der Waals surface area contributed by atoms with E-state index in [0.29, 0.717) is 16.7 Å². The molecule has 3 aromatic rings. The molecule has 0 amide bonds. The van der Waals surface area contributed by atoms with Gasteiger partial charge in [0.15, 0.2) is 0 Å². The van der Waals surface area contributed by atoms with Crippen molar-refractivity contribution in [2.75, 3.05) is 0 Å². The number of aromatic hydroxyl groups is 1. The SMILES string of the molecule is CC(C)c1cc(C(C)(C)C)cc(-n2nc3ccc(S(=O)(=O)O)cc3n2)c1O. The van der Waals surface area contributed by atoms with E-state index in [1.165, 1.54) is 23.0 Å². The van der Waals surface area contributed by atoms with Crippen molar-refractivity contribution in [3.63, 3.8) is 0 Å². The summed E-state index contributed by atoms with van der Waals surface area (Å²) in [6.07, 6.45) is 0. The molecule has 2 N–H and O–H groups in total. The molecular formula is C19H23N3O4S. The van der Waals surface area contributed by atoms with Crippen LogP contribution in [-0.4, -0.2) is 33.1 Å². The lowest BCUT2D eigenvalue weighted by Gasteiger charge is -2.23. The lowest BCUT2D eigenvalue weighted by Crippen LogP contribution is -2.14. The van der Waals surface area contributed by atoms with Crippen molar-refractivity contribution in [3.8, 4) is 11.4 Å². The Morgan fingerprint density at radius 3 is 2.22 bits per heavy atom. The van der Waals surface area contributed by atoms with Gasteiger partial charge in [0.1, 0.15) is 22.5 Å². The zero-order chi connectivity index (χ0) is 20.1. The third kappa shape index (κ3) is 3.68. The van der Waals surface area contributed by atoms with Gasteiger partial charge in [0.25, 0.3) is 10.1 Å². The molecule has 0 atom stereocenters. The maximum atomic E-state index is 11.3. The Kier molecular flexibility index (Phi) is 4.52. The molecule has 0 saturated heterocycles. The standard InChI is InChI=1S/C19H23N3O4S/c1-11(2)14-8-12(19(3,4)5)9-17(18(14)23)22-20-15-7-6-13(27(24,25)26)10-16(15)21-22/h6-11,23H,1-5H3,(H,24,25,26). The minimum Gasteiger partial charge on any atom is -0.505 e. The summed E-state index contributed by atoms with van der Waals surface area (Å²) < 4.78 is 31.9. The van der Waals surface area contributed by atoms with Crippen molar-refractivity contribution >= 4 is 21.2 Å². The maximum Gasteiger partial charge on any atom is 0.294 e. The normalized spacial score (nSPS) is 12.9. The van der Waals surface area contributed by atoms with Crippen molar-refractivity contribution in [3.05, 3.63) is 41.5 Å². The van der Waals surface area contributed by atoms with E-state index in [9.17, 15) is 18.1 Å². The summed E-state index contributed by atoms with van der Waals surface area (Å²) in [4.78, 5) is 1.05. The molecule has 0 aliphatic carbocycles. The van der Waals surface area contributed by atoms with Gasteiger partial charge in [0, 0.05) is 0 Å². The Morgan fingerprint density at radius 2 is 1.67 bits per heavy atom. The Balaban J connectivity index is 2.25. The van der Waals surface area contributed by atoms with Crippen LogP contribution < -0.4 is 0 Å². The van der Waals surface area contributed by atoms with E-state index in [0.717, 1.165) is 11.1 Å². The van der Waals surface area contributed by atoms with Crippen LogP contribution in [0.3, 0.4) is 0 Å². The molecule has 0 aliphatic rings. The number of phenols is 1. The summed E-state index contributed by atoms with van der Waals surface area (Å²) in [5.74, 6) is 0.190. The minimum atomic E-state index is -4.33. The average molecular weight is 389 g/mol. The molecule has 144 valence electrons. The number of rotatable bonds is 3. The van der Waals surface area contributed by atoms with Crippen molar-refractivity contribution in [1.82, 2.24) is 15.0 Å². The first-order valence-corrected chi connectivity index (χ1v) is 10.0. The zero-order valence-electron chi connectivity index (χ0n) is 15.9. The third-order valence-corrected chi connectivity index (χ3v) is 5.32. The number of phenolic OH excluding ortho intramolecular Hbond substituents is 1. The molecule has 1 aromatic heterocycles. The van der Waals surface area contributed by atoms with Crippen molar-refractivity contribution < 1.29 is 18.1 Å². The smallest absolute Gasteiger partial charge is 0.294 e. The first kappa shape index (κ1) is 19.3. The number of benzene rings is 2. The summed E-state index contributed by atoms with van der Waals surface area (Å²) in [5.41, 5.74) is 2.86. The predicted molar refractivity (Wildman–Crippen MR) is 103 cm³/mol. The number of aromatic nitrogens is 3. The van der Waals surface area contributed by atoms with Gasteiger partial charge in [-0.15, -0.1) is 15.0 Å². The van der Waals surface area contributed by atoms with Crippen LogP contribution in [0, 0.1) is 0 Å². The van der Waals surface area contributed by atoms with Crippen LogP contribution in [0.2, 0.25) is 0 Å². The predicted octanol–water partition coefficient (Wildman–Crippen LogP) is 3.79. The van der Waals surface area contributed by atoms with E-state index in [4.69, 9.17) is 0 Å². The van der Waals surface area contributed by atoms with Gasteiger partial charge in [-0.1, -0.05) is 40.7 Å². The second kappa shape index (κ2) is 6.31. The van der Waals surface area contributed by atoms with E-state index < -0.39 is 10.1 Å². The highest BCUT2D eigenvalue weighted by molar-refractivity contribution is 7.85. The van der Waals surface area contributed by atoms with Crippen molar-refractivity contribution in [1.29, 1.82) is 0 Å². The third-order valence-electron chi connectivity index (χ3n) is 4.47. The highest BCUT2D eigenvalue weighted by Crippen LogP contribution is 2.36. The van der Waals surface area contributed by atoms with Crippen LogP contribution >= 0.6 is 0 Å². The van der Waals surface area contributed by atoms with Gasteiger partial charge in [0.05, 0.1) is 4.90 Å². The summed E-state index contributed by atoms with van der Waals surface area (Å²) in [7, 11) is -4.33. The fourth-order valence-electron chi connectivity index (χ4n) is 2.83. The summed E-state index contributed by atoms with van der Waals surface area (Å²) in [5, 5.41) is 19.4. The van der Waals surface area contributed by atoms with Crippen LogP contribution in [0.1, 0.15) is 51.7 Å². The molecule has 3 rings (SSSR count). The molecule has 27 heavy (non-hydrogen) atoms. The van der Waals surface area contributed by atoms with E-state index in [2.05, 4.69) is 31.0 Å². The van der Waals surface area contributed by atoms with Crippen molar-refractivity contribution in [2.45, 2.75) is 50.8 Å². The van der Waals surface area contributed by atoms with Gasteiger partial charge in [0.2, 0.25) is 0 Å². The van der Waals surface area contributed by atoms with Crippen LogP contribution in [0.15, 0.2) is 35.2 Å². The molecule has 7 nitrogen and oxygen atoms in total. The molecule has 8 heteroatoms. The molecule has 2 aromatic carbocycles. The lowest BCUT2D eigenvalue weighted by atomic mass is 9.84. The summed E-state index contributed by atoms with van der Waals surface area (Å²) >= 11 is 0. The lowest BCUT2D eigenvalue weighted by molar-refractivity contribution is 0.455. The Labute approximate surface area is 158 Å². The molecule has 0 aliphatic heterocycles. The Morgan fingerprint density at radius 1 is 1.04 bits per heavy atom. The van der Waals surface area contributed by atoms with E-state index in [1.807, 2.05) is 26.0 Å². The second-order valence-corrected chi connectivity index (χ2v) is 9.37. The summed E-state index contributed by atoms with van der Waals surface area (Å²) in [6, 6.07) is 7.81. The van der Waals surface area contributed by atoms with Gasteiger partial charge < -0.3 is 5.11 Å². The number of nitrogens with zero attached hydrogens (tertiary/aromatic N) is 3. The number of hydrogen-bond acceptors (Lipinski definition) is 5. The largest absolute Gasteiger partial charge is 0.505 e. The van der Waals surface area contributed by atoms with Gasteiger partial charge in [-0.25, -0.2) is 0 Å². The van der Waals surface area contributed by atoms with Gasteiger partial charge in [-0.05, 0) is 46.7 Å². The van der Waals surface area contributed by atoms with E-state index in [-0.39, 0.29) is 22.0 Å². The van der Waals surface area contributed by atoms with E-state index >= 15 is 0 Å². The van der Waals surface area contributed by atoms with Crippen LogP contribution in [0.5, 0.6) is 5.75 Å². The fraction of sp³-hybridized carbons (Fsp3) is 0.368. The topological polar surface area (TPSA) is 105 Å². The van der Waals surface area contributed by atoms with Gasteiger partial charge >= 0.3 is 0 Å².